The van der Waals surface area contributed by atoms with Crippen LogP contribution < -0.4 is 21.3 Å². The third kappa shape index (κ3) is 5.59. The van der Waals surface area contributed by atoms with Crippen molar-refractivity contribution in [1.82, 2.24) is 0 Å². The van der Waals surface area contributed by atoms with Crippen molar-refractivity contribution in [2.24, 2.45) is 0 Å². The summed E-state index contributed by atoms with van der Waals surface area (Å²) in [6.07, 6.45) is 0. The number of carbonyl (C=O) groups excluding carboxylic acids is 4. The number of hydrogen-bond acceptors (Lipinski definition) is 8. The molecular formula is C44H34N4O6S. The molecule has 6 aromatic carbocycles. The fourth-order valence-corrected chi connectivity index (χ4v) is 9.52. The normalized spacial score (nSPS) is 13.8. The topological polar surface area (TPSA) is 161 Å². The molecule has 2 aliphatic rings. The highest BCUT2D eigenvalue weighted by Crippen LogP contribution is 2.40. The highest BCUT2D eigenvalue weighted by molar-refractivity contribution is 7.91. The number of benzene rings is 6. The molecule has 0 spiro atoms. The number of imide groups is 2. The SMILES string of the molecule is Cc1cc(S(=O)(=O)c2c(C)cc(N3C(=O)c4ccc(-c5ccc(N)cc5)cc4C3=O)cc2C)cc(C)c1N1C(=O)c2ccc(-c3ccc(N)cc3)cc2C1=O. The van der Waals surface area contributed by atoms with Crippen LogP contribution in [0.4, 0.5) is 22.7 Å². The quantitative estimate of drug-likeness (QED) is 0.129. The second-order valence-electron chi connectivity index (χ2n) is 14.0. The molecule has 0 fully saturated rings. The summed E-state index contributed by atoms with van der Waals surface area (Å²) in [5, 5.41) is 0. The number of nitrogens with two attached hydrogens (primary N) is 2. The fourth-order valence-electron chi connectivity index (χ4n) is 7.65. The number of carbonyl (C=O) groups is 4. The van der Waals surface area contributed by atoms with E-state index in [9.17, 15) is 27.6 Å². The van der Waals surface area contributed by atoms with Gasteiger partial charge in [-0.2, -0.15) is 0 Å². The van der Waals surface area contributed by atoms with E-state index in [1.807, 2.05) is 24.3 Å². The Bertz CT molecular complexity index is 2760. The number of nitrogens with zero attached hydrogens (tertiary/aromatic N) is 2. The fraction of sp³-hybridized carbons (Fsp3) is 0.0909. The van der Waals surface area contributed by atoms with Crippen LogP contribution in [0.1, 0.15) is 63.7 Å². The highest BCUT2D eigenvalue weighted by Gasteiger charge is 2.40. The Morgan fingerprint density at radius 1 is 0.436 bits per heavy atom. The van der Waals surface area contributed by atoms with E-state index in [1.54, 1.807) is 88.4 Å². The molecular weight excluding hydrogens is 713 g/mol. The molecule has 4 N–H and O–H groups in total. The van der Waals surface area contributed by atoms with Crippen LogP contribution in [0, 0.1) is 27.7 Å². The molecule has 55 heavy (non-hydrogen) atoms. The lowest BCUT2D eigenvalue weighted by Crippen LogP contribution is -2.31. The average Bonchev–Trinajstić information content (AvgIpc) is 3.54. The standard InChI is InChI=1S/C44H34N4O6S/c1-23-19-34(20-24(2)39(23)48-42(50)36-16-10-30(22-38(36)44(48)52)28-7-13-32(46)14-8-28)55(53,54)40-25(3)17-33(18-26(40)4)47-41(49)35-15-9-29(21-37(35)43(47)51)27-5-11-31(45)12-6-27/h5-22H,45-46H2,1-4H3. The van der Waals surface area contributed by atoms with E-state index < -0.39 is 33.5 Å². The Morgan fingerprint density at radius 3 is 1.27 bits per heavy atom. The largest absolute Gasteiger partial charge is 0.399 e. The molecule has 6 aromatic rings. The molecule has 2 heterocycles. The van der Waals surface area contributed by atoms with E-state index in [-0.39, 0.29) is 37.7 Å². The van der Waals surface area contributed by atoms with Crippen molar-refractivity contribution < 1.29 is 27.6 Å². The van der Waals surface area contributed by atoms with Crippen LogP contribution in [0.25, 0.3) is 22.3 Å². The number of rotatable bonds is 6. The van der Waals surface area contributed by atoms with Gasteiger partial charge < -0.3 is 11.5 Å². The Kier molecular flexibility index (Phi) is 8.09. The second-order valence-corrected chi connectivity index (χ2v) is 15.9. The van der Waals surface area contributed by atoms with Gasteiger partial charge in [0, 0.05) is 11.4 Å². The van der Waals surface area contributed by atoms with Crippen LogP contribution >= 0.6 is 0 Å². The van der Waals surface area contributed by atoms with E-state index in [1.165, 1.54) is 24.3 Å². The third-order valence-electron chi connectivity index (χ3n) is 10.2. The van der Waals surface area contributed by atoms with Crippen molar-refractivity contribution in [3.8, 4) is 22.3 Å². The second kappa shape index (κ2) is 12.6. The van der Waals surface area contributed by atoms with Crippen molar-refractivity contribution in [2.45, 2.75) is 37.5 Å². The van der Waals surface area contributed by atoms with Crippen molar-refractivity contribution >= 4 is 56.2 Å². The van der Waals surface area contributed by atoms with Gasteiger partial charge in [0.25, 0.3) is 23.6 Å². The van der Waals surface area contributed by atoms with Crippen LogP contribution in [0.2, 0.25) is 0 Å². The van der Waals surface area contributed by atoms with Crippen molar-refractivity contribution in [2.75, 3.05) is 21.3 Å². The van der Waals surface area contributed by atoms with Gasteiger partial charge in [0.05, 0.1) is 43.4 Å². The maximum Gasteiger partial charge on any atom is 0.266 e. The smallest absolute Gasteiger partial charge is 0.266 e. The number of aryl methyl sites for hydroxylation is 4. The molecule has 10 nitrogen and oxygen atoms in total. The van der Waals surface area contributed by atoms with Gasteiger partial charge in [-0.25, -0.2) is 18.2 Å². The molecule has 0 aromatic heterocycles. The van der Waals surface area contributed by atoms with E-state index >= 15 is 0 Å². The number of sulfone groups is 1. The molecule has 0 bridgehead atoms. The number of nitrogen functional groups attached to an aromatic ring is 2. The average molecular weight is 747 g/mol. The minimum atomic E-state index is -4.16. The molecule has 11 heteroatoms. The molecule has 8 rings (SSSR count). The van der Waals surface area contributed by atoms with E-state index in [2.05, 4.69) is 0 Å². The van der Waals surface area contributed by atoms with Crippen molar-refractivity contribution in [3.05, 3.63) is 154 Å². The predicted molar refractivity (Wildman–Crippen MR) is 212 cm³/mol. The Labute approximate surface area is 317 Å². The third-order valence-corrected chi connectivity index (χ3v) is 12.3. The lowest BCUT2D eigenvalue weighted by atomic mass is 10.00. The summed E-state index contributed by atoms with van der Waals surface area (Å²) in [6, 6.07) is 30.5. The van der Waals surface area contributed by atoms with Crippen LogP contribution in [-0.2, 0) is 9.84 Å². The summed E-state index contributed by atoms with van der Waals surface area (Å²) in [4.78, 5) is 56.9. The van der Waals surface area contributed by atoms with Crippen LogP contribution in [0.15, 0.2) is 119 Å². The van der Waals surface area contributed by atoms with Gasteiger partial charge in [-0.1, -0.05) is 36.4 Å². The number of fused-ring (bicyclic) bond motifs is 2. The molecule has 0 unspecified atom stereocenters. The first-order valence-electron chi connectivity index (χ1n) is 17.4. The number of amides is 4. The van der Waals surface area contributed by atoms with Gasteiger partial charge in [0.2, 0.25) is 9.84 Å². The van der Waals surface area contributed by atoms with Gasteiger partial charge in [0.1, 0.15) is 0 Å². The minimum Gasteiger partial charge on any atom is -0.399 e. The number of hydrogen-bond donors (Lipinski definition) is 2. The highest BCUT2D eigenvalue weighted by atomic mass is 32.2. The summed E-state index contributed by atoms with van der Waals surface area (Å²) in [5.74, 6) is -2.02. The Morgan fingerprint density at radius 2 is 0.818 bits per heavy atom. The molecule has 0 saturated carbocycles. The molecule has 2 aliphatic heterocycles. The summed E-state index contributed by atoms with van der Waals surface area (Å²) < 4.78 is 28.7. The monoisotopic (exact) mass is 746 g/mol. The minimum absolute atomic E-state index is 0.0247. The Hall–Kier alpha value is -6.85. The Balaban J connectivity index is 1.09. The first-order chi connectivity index (χ1) is 26.1. The molecule has 0 atom stereocenters. The molecule has 0 saturated heterocycles. The van der Waals surface area contributed by atoms with Gasteiger partial charge in [0.15, 0.2) is 0 Å². The zero-order valence-corrected chi connectivity index (χ0v) is 31.1. The maximum absolute atomic E-state index is 14.3. The molecule has 272 valence electrons. The van der Waals surface area contributed by atoms with Crippen LogP contribution in [0.3, 0.4) is 0 Å². The predicted octanol–water partition coefficient (Wildman–Crippen LogP) is 7.85. The lowest BCUT2D eigenvalue weighted by molar-refractivity contribution is 0.0910. The van der Waals surface area contributed by atoms with E-state index in [0.717, 1.165) is 32.1 Å². The lowest BCUT2D eigenvalue weighted by Gasteiger charge is -2.22. The zero-order chi connectivity index (χ0) is 39.1. The zero-order valence-electron chi connectivity index (χ0n) is 30.3. The molecule has 4 amide bonds. The molecule has 0 radical (unpaired) electrons. The van der Waals surface area contributed by atoms with Gasteiger partial charge in [-0.05, 0) is 145 Å². The summed E-state index contributed by atoms with van der Waals surface area (Å²) in [5.41, 5.74) is 19.1. The first kappa shape index (κ1) is 35.2. The van der Waals surface area contributed by atoms with Gasteiger partial charge >= 0.3 is 0 Å². The van der Waals surface area contributed by atoms with E-state index in [0.29, 0.717) is 39.3 Å². The van der Waals surface area contributed by atoms with Gasteiger partial charge in [-0.15, -0.1) is 0 Å². The first-order valence-corrected chi connectivity index (χ1v) is 18.9. The van der Waals surface area contributed by atoms with Crippen LogP contribution in [0.5, 0.6) is 0 Å². The van der Waals surface area contributed by atoms with Gasteiger partial charge in [-0.3, -0.25) is 19.2 Å². The van der Waals surface area contributed by atoms with Crippen LogP contribution in [-0.4, -0.2) is 32.0 Å². The summed E-state index contributed by atoms with van der Waals surface area (Å²) >= 11 is 0. The van der Waals surface area contributed by atoms with E-state index in [4.69, 9.17) is 11.5 Å². The maximum atomic E-state index is 14.3. The van der Waals surface area contributed by atoms with Crippen molar-refractivity contribution in [3.63, 3.8) is 0 Å². The summed E-state index contributed by atoms with van der Waals surface area (Å²) in [6.45, 7) is 6.56. The van der Waals surface area contributed by atoms with Crippen molar-refractivity contribution in [1.29, 1.82) is 0 Å². The number of anilines is 4. The molecule has 0 aliphatic carbocycles. The summed E-state index contributed by atoms with van der Waals surface area (Å²) in [7, 11) is -4.16.